The van der Waals surface area contributed by atoms with Crippen molar-refractivity contribution in [1.29, 1.82) is 0 Å². The summed E-state index contributed by atoms with van der Waals surface area (Å²) >= 11 is 0. The molecule has 31 heavy (non-hydrogen) atoms. The van der Waals surface area contributed by atoms with Crippen molar-refractivity contribution in [3.8, 4) is 0 Å². The maximum Gasteiger partial charge on any atom is 0.254 e. The molecule has 5 nitrogen and oxygen atoms in total. The van der Waals surface area contributed by atoms with Crippen LogP contribution in [0.1, 0.15) is 73.0 Å². The van der Waals surface area contributed by atoms with Gasteiger partial charge < -0.3 is 4.90 Å². The number of nitrogens with zero attached hydrogens (tertiary/aromatic N) is 2. The molecule has 1 saturated heterocycles. The number of aryl methyl sites for hydroxylation is 1. The molecule has 2 fully saturated rings. The van der Waals surface area contributed by atoms with Gasteiger partial charge in [-0.1, -0.05) is 30.7 Å². The van der Waals surface area contributed by atoms with Gasteiger partial charge >= 0.3 is 0 Å². The lowest BCUT2D eigenvalue weighted by molar-refractivity contribution is 0.0658. The van der Waals surface area contributed by atoms with E-state index >= 15 is 0 Å². The Labute approximate surface area is 185 Å². The van der Waals surface area contributed by atoms with Crippen LogP contribution < -0.4 is 0 Å². The van der Waals surface area contributed by atoms with Gasteiger partial charge in [-0.15, -0.1) is 0 Å². The first-order chi connectivity index (χ1) is 15.0. The number of hydrogen-bond acceptors (Lipinski definition) is 3. The van der Waals surface area contributed by atoms with Gasteiger partial charge in [-0.3, -0.25) is 4.79 Å². The fourth-order valence-electron chi connectivity index (χ4n) is 5.22. The Kier molecular flexibility index (Phi) is 5.39. The van der Waals surface area contributed by atoms with Crippen molar-refractivity contribution in [3.63, 3.8) is 0 Å². The van der Waals surface area contributed by atoms with Crippen LogP contribution >= 0.6 is 0 Å². The Morgan fingerprint density at radius 2 is 1.71 bits per heavy atom. The monoisotopic (exact) mass is 438 g/mol. The van der Waals surface area contributed by atoms with Gasteiger partial charge in [0.15, 0.2) is 0 Å². The van der Waals surface area contributed by atoms with Gasteiger partial charge in [-0.2, -0.15) is 4.31 Å². The minimum atomic E-state index is -3.53. The van der Waals surface area contributed by atoms with E-state index in [9.17, 15) is 13.2 Å². The number of sulfonamides is 1. The second kappa shape index (κ2) is 8.06. The number of carbonyl (C=O) groups excluding carboxylic acids is 1. The highest BCUT2D eigenvalue weighted by molar-refractivity contribution is 7.89. The van der Waals surface area contributed by atoms with E-state index in [2.05, 4.69) is 23.1 Å². The minimum absolute atomic E-state index is 0.0134. The average molecular weight is 439 g/mol. The summed E-state index contributed by atoms with van der Waals surface area (Å²) in [5.74, 6) is 0.0134. The standard InChI is InChI=1S/C25H30N2O3S/c1-18-6-4-5-17-26(18)31(29,30)22-14-9-20(10-15-22)25(28)27(21-12-13-21)24-16-11-19-7-2-3-8-23(19)24/h2-3,7-10,14-15,18,21,24H,4-6,11-13,16-17H2,1H3. The van der Waals surface area contributed by atoms with Crippen LogP contribution in [-0.4, -0.2) is 42.2 Å². The van der Waals surface area contributed by atoms with E-state index in [0.717, 1.165) is 44.9 Å². The van der Waals surface area contributed by atoms with Crippen LogP contribution in [0.2, 0.25) is 0 Å². The third-order valence-electron chi connectivity index (χ3n) is 7.06. The van der Waals surface area contributed by atoms with E-state index in [-0.39, 0.29) is 22.9 Å². The van der Waals surface area contributed by atoms with Gasteiger partial charge in [0.2, 0.25) is 10.0 Å². The first-order valence-electron chi connectivity index (χ1n) is 11.5. The summed E-state index contributed by atoms with van der Waals surface area (Å²) in [6, 6.07) is 15.5. The number of benzene rings is 2. The lowest BCUT2D eigenvalue weighted by atomic mass is 10.1. The van der Waals surface area contributed by atoms with Crippen LogP contribution in [0.4, 0.5) is 0 Å². The van der Waals surface area contributed by atoms with Gasteiger partial charge in [0.1, 0.15) is 0 Å². The van der Waals surface area contributed by atoms with E-state index in [1.165, 1.54) is 11.1 Å². The predicted molar refractivity (Wildman–Crippen MR) is 120 cm³/mol. The van der Waals surface area contributed by atoms with E-state index in [0.29, 0.717) is 18.2 Å². The van der Waals surface area contributed by atoms with Gasteiger partial charge in [0.25, 0.3) is 5.91 Å². The number of rotatable bonds is 5. The Bertz CT molecular complexity index is 1080. The van der Waals surface area contributed by atoms with Crippen LogP contribution in [0.3, 0.4) is 0 Å². The summed E-state index contributed by atoms with van der Waals surface area (Å²) in [5, 5.41) is 0. The highest BCUT2D eigenvalue weighted by atomic mass is 32.2. The van der Waals surface area contributed by atoms with Gasteiger partial charge in [0.05, 0.1) is 10.9 Å². The molecule has 2 aliphatic carbocycles. The maximum atomic E-state index is 13.5. The fourth-order valence-corrected chi connectivity index (χ4v) is 6.92. The minimum Gasteiger partial charge on any atom is -0.329 e. The Balaban J connectivity index is 1.39. The third kappa shape index (κ3) is 3.80. The SMILES string of the molecule is CC1CCCCN1S(=O)(=O)c1ccc(C(=O)N(C2CC2)C2CCc3ccccc32)cc1. The molecule has 5 rings (SSSR count). The molecule has 1 amide bonds. The Morgan fingerprint density at radius 3 is 2.42 bits per heavy atom. The first kappa shape index (κ1) is 20.7. The Hall–Kier alpha value is -2.18. The highest BCUT2D eigenvalue weighted by Gasteiger charge is 2.40. The van der Waals surface area contributed by atoms with Crippen molar-refractivity contribution in [3.05, 3.63) is 65.2 Å². The summed E-state index contributed by atoms with van der Waals surface area (Å²) in [6.07, 6.45) is 6.92. The molecule has 1 aliphatic heterocycles. The number of carbonyl (C=O) groups is 1. The van der Waals surface area contributed by atoms with Crippen LogP contribution in [0, 0.1) is 0 Å². The zero-order valence-electron chi connectivity index (χ0n) is 18.0. The average Bonchev–Trinajstić information content (AvgIpc) is 3.53. The number of piperidine rings is 1. The molecule has 2 aromatic rings. The summed E-state index contributed by atoms with van der Waals surface area (Å²) in [7, 11) is -3.53. The highest BCUT2D eigenvalue weighted by Crippen LogP contribution is 2.42. The summed E-state index contributed by atoms with van der Waals surface area (Å²) in [6.45, 7) is 2.54. The molecule has 2 unspecified atom stereocenters. The zero-order valence-corrected chi connectivity index (χ0v) is 18.9. The van der Waals surface area contributed by atoms with Crippen molar-refractivity contribution in [2.75, 3.05) is 6.54 Å². The van der Waals surface area contributed by atoms with Crippen molar-refractivity contribution < 1.29 is 13.2 Å². The molecule has 0 radical (unpaired) electrons. The topological polar surface area (TPSA) is 57.7 Å². The first-order valence-corrected chi connectivity index (χ1v) is 12.9. The van der Waals surface area contributed by atoms with Gasteiger partial charge in [-0.25, -0.2) is 8.42 Å². The van der Waals surface area contributed by atoms with E-state index < -0.39 is 10.0 Å². The van der Waals surface area contributed by atoms with Crippen molar-refractivity contribution >= 4 is 15.9 Å². The van der Waals surface area contributed by atoms with Crippen molar-refractivity contribution in [1.82, 2.24) is 9.21 Å². The maximum absolute atomic E-state index is 13.5. The number of fused-ring (bicyclic) bond motifs is 1. The lowest BCUT2D eigenvalue weighted by Gasteiger charge is -2.32. The zero-order chi connectivity index (χ0) is 21.6. The molecule has 1 saturated carbocycles. The molecule has 164 valence electrons. The van der Waals surface area contributed by atoms with Crippen molar-refractivity contribution in [2.24, 2.45) is 0 Å². The van der Waals surface area contributed by atoms with E-state index in [1.54, 1.807) is 28.6 Å². The number of amides is 1. The smallest absolute Gasteiger partial charge is 0.254 e. The number of hydrogen-bond donors (Lipinski definition) is 0. The largest absolute Gasteiger partial charge is 0.329 e. The molecule has 2 aromatic carbocycles. The molecule has 0 spiro atoms. The third-order valence-corrected chi connectivity index (χ3v) is 9.09. The molecule has 3 aliphatic rings. The van der Waals surface area contributed by atoms with Gasteiger partial charge in [0, 0.05) is 24.2 Å². The molecule has 0 bridgehead atoms. The second-order valence-corrected chi connectivity index (χ2v) is 11.1. The molecule has 1 heterocycles. The van der Waals surface area contributed by atoms with Crippen LogP contribution in [0.5, 0.6) is 0 Å². The molecular formula is C25H30N2O3S. The van der Waals surface area contributed by atoms with E-state index in [4.69, 9.17) is 0 Å². The summed E-state index contributed by atoms with van der Waals surface area (Å²) < 4.78 is 27.8. The summed E-state index contributed by atoms with van der Waals surface area (Å²) in [4.78, 5) is 15.8. The molecule has 2 atom stereocenters. The molecular weight excluding hydrogens is 408 g/mol. The lowest BCUT2D eigenvalue weighted by Crippen LogP contribution is -2.41. The quantitative estimate of drug-likeness (QED) is 0.689. The summed E-state index contributed by atoms with van der Waals surface area (Å²) in [5.41, 5.74) is 3.17. The predicted octanol–water partition coefficient (Wildman–Crippen LogP) is 4.54. The van der Waals surface area contributed by atoms with Crippen LogP contribution in [0.25, 0.3) is 0 Å². The molecule has 0 aromatic heterocycles. The molecule has 0 N–H and O–H groups in total. The van der Waals surface area contributed by atoms with Crippen molar-refractivity contribution in [2.45, 2.75) is 74.9 Å². The van der Waals surface area contributed by atoms with Crippen LogP contribution in [-0.2, 0) is 16.4 Å². The normalized spacial score (nSPS) is 24.0. The fraction of sp³-hybridized carbons (Fsp3) is 0.480. The molecule has 6 heteroatoms. The Morgan fingerprint density at radius 1 is 0.968 bits per heavy atom. The van der Waals surface area contributed by atoms with Crippen LogP contribution in [0.15, 0.2) is 53.4 Å². The second-order valence-electron chi connectivity index (χ2n) is 9.18. The van der Waals surface area contributed by atoms with E-state index in [1.807, 2.05) is 13.0 Å². The van der Waals surface area contributed by atoms with Gasteiger partial charge in [-0.05, 0) is 80.8 Å².